The van der Waals surface area contributed by atoms with Gasteiger partial charge in [-0.15, -0.1) is 11.3 Å². The highest BCUT2D eigenvalue weighted by Crippen LogP contribution is 2.40. The molecule has 0 aliphatic carbocycles. The van der Waals surface area contributed by atoms with Gasteiger partial charge in [-0.05, 0) is 83.0 Å². The quantitative estimate of drug-likeness (QED) is 0.196. The van der Waals surface area contributed by atoms with Gasteiger partial charge in [-0.2, -0.15) is 0 Å². The van der Waals surface area contributed by atoms with Gasteiger partial charge in [0.25, 0.3) is 0 Å². The van der Waals surface area contributed by atoms with Crippen molar-refractivity contribution in [2.75, 3.05) is 0 Å². The highest BCUT2D eigenvalue weighted by Gasteiger charge is 2.15. The monoisotopic (exact) mass is 550 g/mol. The Labute approximate surface area is 247 Å². The third-order valence-electron chi connectivity index (χ3n) is 7.54. The van der Waals surface area contributed by atoms with Crippen LogP contribution in [0.25, 0.3) is 43.0 Å². The van der Waals surface area contributed by atoms with Crippen LogP contribution < -0.4 is 0 Å². The van der Waals surface area contributed by atoms with Crippen LogP contribution in [-0.4, -0.2) is 11.2 Å². The second-order valence-corrected chi connectivity index (χ2v) is 12.8. The van der Waals surface area contributed by atoms with E-state index in [-0.39, 0.29) is 5.41 Å². The van der Waals surface area contributed by atoms with Crippen LogP contribution in [-0.2, 0) is 5.41 Å². The number of fused-ring (bicyclic) bond motifs is 1. The third kappa shape index (κ3) is 5.64. The maximum Gasteiger partial charge on any atom is 0.126 e. The number of nitrogens with zero attached hydrogens (tertiary/aromatic N) is 2. The Morgan fingerprint density at radius 3 is 2.24 bits per heavy atom. The topological polar surface area (TPSA) is 25.2 Å². The summed E-state index contributed by atoms with van der Waals surface area (Å²) in [6, 6.07) is 38.9. The molecule has 202 valence electrons. The molecule has 3 heteroatoms. The predicted molar refractivity (Wildman–Crippen MR) is 178 cm³/mol. The maximum absolute atomic E-state index is 5.20. The van der Waals surface area contributed by atoms with Crippen molar-refractivity contribution < 1.29 is 0 Å². The summed E-state index contributed by atoms with van der Waals surface area (Å²) in [5.74, 6) is 0. The smallest absolute Gasteiger partial charge is 0.126 e. The minimum Gasteiger partial charge on any atom is -0.256 e. The summed E-state index contributed by atoms with van der Waals surface area (Å²) < 4.78 is 1.17. The molecule has 0 aliphatic heterocycles. The minimum atomic E-state index is 0.0961. The number of hydrogen-bond donors (Lipinski definition) is 0. The van der Waals surface area contributed by atoms with Crippen molar-refractivity contribution in [3.63, 3.8) is 0 Å². The van der Waals surface area contributed by atoms with Gasteiger partial charge in [0.1, 0.15) is 5.01 Å². The zero-order valence-corrected chi connectivity index (χ0v) is 25.1. The first-order valence-corrected chi connectivity index (χ1v) is 14.9. The van der Waals surface area contributed by atoms with Gasteiger partial charge in [0.2, 0.25) is 0 Å². The summed E-state index contributed by atoms with van der Waals surface area (Å²) in [4.78, 5) is 10.1. The lowest BCUT2D eigenvalue weighted by molar-refractivity contribution is 0.590. The molecule has 1 aromatic heterocycles. The Bertz CT molecular complexity index is 1900. The standard InChI is InChI=1S/C38H34N2S/c1-25-19-20-26(2)33(21-25)29-13-9-12-28(23-29)31-16-10-18-35-36(31)40-37(41-35)32-15-6-7-17-34(32)39-24-27-11-8-14-30(22-27)38(3,4)5/h6-24H,1-5H3. The van der Waals surface area contributed by atoms with Crippen LogP contribution in [0.3, 0.4) is 0 Å². The van der Waals surface area contributed by atoms with Crippen molar-refractivity contribution in [2.45, 2.75) is 40.0 Å². The molecule has 0 unspecified atom stereocenters. The van der Waals surface area contributed by atoms with E-state index in [1.54, 1.807) is 11.3 Å². The lowest BCUT2D eigenvalue weighted by Crippen LogP contribution is -2.11. The Balaban J connectivity index is 1.38. The van der Waals surface area contributed by atoms with Crippen LogP contribution in [0.4, 0.5) is 5.69 Å². The molecular formula is C38H34N2S. The Hall–Kier alpha value is -4.34. The number of rotatable bonds is 5. The molecule has 5 aromatic carbocycles. The number of para-hydroxylation sites is 2. The molecule has 0 saturated heterocycles. The lowest BCUT2D eigenvalue weighted by atomic mass is 9.86. The average molecular weight is 551 g/mol. The third-order valence-corrected chi connectivity index (χ3v) is 8.59. The van der Waals surface area contributed by atoms with E-state index in [2.05, 4.69) is 138 Å². The molecule has 41 heavy (non-hydrogen) atoms. The van der Waals surface area contributed by atoms with Crippen molar-refractivity contribution >= 4 is 33.5 Å². The average Bonchev–Trinajstić information content (AvgIpc) is 3.42. The van der Waals surface area contributed by atoms with Gasteiger partial charge in [-0.25, -0.2) is 4.98 Å². The Morgan fingerprint density at radius 1 is 0.683 bits per heavy atom. The fraction of sp³-hybridized carbons (Fsp3) is 0.158. The molecule has 0 spiro atoms. The number of aromatic nitrogens is 1. The summed E-state index contributed by atoms with van der Waals surface area (Å²) >= 11 is 1.72. The van der Waals surface area contributed by atoms with Crippen molar-refractivity contribution in [1.82, 2.24) is 4.98 Å². The first kappa shape index (κ1) is 26.9. The Morgan fingerprint density at radius 2 is 1.41 bits per heavy atom. The molecule has 0 bridgehead atoms. The second kappa shape index (κ2) is 10.9. The van der Waals surface area contributed by atoms with Crippen LogP contribution >= 0.6 is 11.3 Å². The number of hydrogen-bond acceptors (Lipinski definition) is 3. The maximum atomic E-state index is 5.20. The number of thiazole rings is 1. The summed E-state index contributed by atoms with van der Waals surface area (Å²) in [6.45, 7) is 11.0. The van der Waals surface area contributed by atoms with Crippen molar-refractivity contribution in [3.8, 4) is 32.8 Å². The van der Waals surface area contributed by atoms with Gasteiger partial charge in [0, 0.05) is 17.3 Å². The van der Waals surface area contributed by atoms with Crippen molar-refractivity contribution in [3.05, 3.63) is 131 Å². The van der Waals surface area contributed by atoms with Gasteiger partial charge < -0.3 is 0 Å². The molecule has 0 atom stereocenters. The normalized spacial score (nSPS) is 11.9. The highest BCUT2D eigenvalue weighted by atomic mass is 32.1. The van der Waals surface area contributed by atoms with Crippen LogP contribution in [0, 0.1) is 13.8 Å². The summed E-state index contributed by atoms with van der Waals surface area (Å²) in [6.07, 6.45) is 1.96. The zero-order valence-electron chi connectivity index (χ0n) is 24.3. The van der Waals surface area contributed by atoms with Crippen LogP contribution in [0.5, 0.6) is 0 Å². The van der Waals surface area contributed by atoms with E-state index >= 15 is 0 Å². The van der Waals surface area contributed by atoms with E-state index in [1.807, 2.05) is 12.3 Å². The first-order chi connectivity index (χ1) is 19.8. The van der Waals surface area contributed by atoms with E-state index in [1.165, 1.54) is 38.1 Å². The summed E-state index contributed by atoms with van der Waals surface area (Å²) in [7, 11) is 0. The van der Waals surface area contributed by atoms with Gasteiger partial charge in [-0.3, -0.25) is 4.99 Å². The van der Waals surface area contributed by atoms with E-state index in [0.29, 0.717) is 0 Å². The van der Waals surface area contributed by atoms with E-state index in [9.17, 15) is 0 Å². The van der Waals surface area contributed by atoms with Gasteiger partial charge in [0.15, 0.2) is 0 Å². The SMILES string of the molecule is Cc1ccc(C)c(-c2cccc(-c3cccc4sc(-c5ccccc5N=Cc5cccc(C(C)(C)C)c5)nc34)c2)c1. The van der Waals surface area contributed by atoms with Gasteiger partial charge in [0.05, 0.1) is 15.9 Å². The molecule has 0 fully saturated rings. The highest BCUT2D eigenvalue weighted by molar-refractivity contribution is 7.21. The van der Waals surface area contributed by atoms with E-state index < -0.39 is 0 Å². The van der Waals surface area contributed by atoms with Crippen molar-refractivity contribution in [1.29, 1.82) is 0 Å². The van der Waals surface area contributed by atoms with E-state index in [4.69, 9.17) is 9.98 Å². The van der Waals surface area contributed by atoms with E-state index in [0.717, 1.165) is 32.9 Å². The second-order valence-electron chi connectivity index (χ2n) is 11.7. The van der Waals surface area contributed by atoms with Gasteiger partial charge >= 0.3 is 0 Å². The number of aryl methyl sites for hydroxylation is 2. The summed E-state index contributed by atoms with van der Waals surface area (Å²) in [5, 5.41) is 0.981. The van der Waals surface area contributed by atoms with Gasteiger partial charge in [-0.1, -0.05) is 105 Å². The lowest BCUT2D eigenvalue weighted by Gasteiger charge is -2.19. The molecule has 1 heterocycles. The minimum absolute atomic E-state index is 0.0961. The van der Waals surface area contributed by atoms with Crippen molar-refractivity contribution in [2.24, 2.45) is 4.99 Å². The molecule has 0 aliphatic rings. The van der Waals surface area contributed by atoms with Crippen LogP contribution in [0.2, 0.25) is 0 Å². The van der Waals surface area contributed by atoms with Crippen LogP contribution in [0.15, 0.2) is 114 Å². The fourth-order valence-corrected chi connectivity index (χ4v) is 6.22. The number of aliphatic imine (C=N–C) groups is 1. The molecule has 0 saturated carbocycles. The molecular weight excluding hydrogens is 516 g/mol. The molecule has 2 nitrogen and oxygen atoms in total. The fourth-order valence-electron chi connectivity index (χ4n) is 5.19. The predicted octanol–water partition coefficient (Wildman–Crippen LogP) is 11.0. The molecule has 0 N–H and O–H groups in total. The number of benzene rings is 5. The zero-order chi connectivity index (χ0) is 28.6. The van der Waals surface area contributed by atoms with Crippen LogP contribution in [0.1, 0.15) is 43.0 Å². The largest absolute Gasteiger partial charge is 0.256 e. The Kier molecular flexibility index (Phi) is 7.15. The molecule has 0 radical (unpaired) electrons. The first-order valence-electron chi connectivity index (χ1n) is 14.1. The molecule has 6 aromatic rings. The molecule has 0 amide bonds. The summed E-state index contributed by atoms with van der Waals surface area (Å²) in [5.41, 5.74) is 12.9. The molecule has 6 rings (SSSR count).